The lowest BCUT2D eigenvalue weighted by atomic mass is 9.96. The molecular formula is C33H37N3O4S. The summed E-state index contributed by atoms with van der Waals surface area (Å²) in [5.41, 5.74) is 2.85. The maximum atomic E-state index is 13.5. The third-order valence-corrected chi connectivity index (χ3v) is 8.80. The number of hydrogen-bond donors (Lipinski definition) is 3. The Morgan fingerprint density at radius 3 is 2.46 bits per heavy atom. The van der Waals surface area contributed by atoms with Gasteiger partial charge in [0, 0.05) is 24.4 Å². The second kappa shape index (κ2) is 12.9. The highest BCUT2D eigenvalue weighted by atomic mass is 32.2. The number of amides is 1. The summed E-state index contributed by atoms with van der Waals surface area (Å²) in [6, 6.07) is 27.5. The molecule has 214 valence electrons. The summed E-state index contributed by atoms with van der Waals surface area (Å²) < 4.78 is 35.7. The fourth-order valence-corrected chi connectivity index (χ4v) is 6.46. The highest BCUT2D eigenvalue weighted by Crippen LogP contribution is 2.33. The van der Waals surface area contributed by atoms with Gasteiger partial charge < -0.3 is 15.4 Å². The van der Waals surface area contributed by atoms with Crippen LogP contribution in [-0.2, 0) is 21.2 Å². The van der Waals surface area contributed by atoms with E-state index in [1.165, 1.54) is 5.56 Å². The van der Waals surface area contributed by atoms with Gasteiger partial charge in [-0.2, -0.15) is 0 Å². The molecule has 0 aromatic heterocycles. The highest BCUT2D eigenvalue weighted by Gasteiger charge is 2.27. The van der Waals surface area contributed by atoms with Gasteiger partial charge in [-0.05, 0) is 59.1 Å². The normalized spacial score (nSPS) is 15.7. The van der Waals surface area contributed by atoms with Gasteiger partial charge in [0.05, 0.1) is 23.6 Å². The van der Waals surface area contributed by atoms with Crippen LogP contribution in [0.15, 0.2) is 95.9 Å². The summed E-state index contributed by atoms with van der Waals surface area (Å²) >= 11 is 0. The van der Waals surface area contributed by atoms with Gasteiger partial charge in [-0.1, -0.05) is 80.6 Å². The van der Waals surface area contributed by atoms with E-state index in [-0.39, 0.29) is 23.3 Å². The van der Waals surface area contributed by atoms with Gasteiger partial charge in [0.15, 0.2) is 0 Å². The van der Waals surface area contributed by atoms with E-state index in [0.29, 0.717) is 19.1 Å². The molecule has 0 radical (unpaired) electrons. The monoisotopic (exact) mass is 571 g/mol. The first-order chi connectivity index (χ1) is 19.8. The first-order valence-corrected chi connectivity index (χ1v) is 15.6. The minimum absolute atomic E-state index is 0.0402. The Labute approximate surface area is 242 Å². The van der Waals surface area contributed by atoms with E-state index in [1.807, 2.05) is 60.7 Å². The third-order valence-electron chi connectivity index (χ3n) is 7.34. The van der Waals surface area contributed by atoms with Crippen LogP contribution in [0, 0.1) is 0 Å². The van der Waals surface area contributed by atoms with E-state index >= 15 is 0 Å². The van der Waals surface area contributed by atoms with Gasteiger partial charge in [-0.15, -0.1) is 0 Å². The van der Waals surface area contributed by atoms with Crippen LogP contribution in [0.1, 0.15) is 55.5 Å². The van der Waals surface area contributed by atoms with Crippen LogP contribution < -0.4 is 20.1 Å². The van der Waals surface area contributed by atoms with Gasteiger partial charge in [-0.25, -0.2) is 13.1 Å². The average molecular weight is 572 g/mol. The Morgan fingerprint density at radius 1 is 0.927 bits per heavy atom. The van der Waals surface area contributed by atoms with Crippen molar-refractivity contribution in [1.29, 1.82) is 0 Å². The lowest BCUT2D eigenvalue weighted by Crippen LogP contribution is -2.36. The van der Waals surface area contributed by atoms with Crippen LogP contribution in [0.5, 0.6) is 5.75 Å². The van der Waals surface area contributed by atoms with Crippen molar-refractivity contribution < 1.29 is 17.9 Å². The van der Waals surface area contributed by atoms with Gasteiger partial charge in [0.2, 0.25) is 15.9 Å². The predicted octanol–water partition coefficient (Wildman–Crippen LogP) is 5.43. The van der Waals surface area contributed by atoms with Crippen LogP contribution in [0.25, 0.3) is 10.8 Å². The zero-order valence-corrected chi connectivity index (χ0v) is 24.3. The summed E-state index contributed by atoms with van der Waals surface area (Å²) in [6.07, 6.45) is 1.48. The first-order valence-electron chi connectivity index (χ1n) is 14.1. The number of sulfonamides is 1. The molecule has 4 aromatic rings. The van der Waals surface area contributed by atoms with Gasteiger partial charge in [0.1, 0.15) is 5.75 Å². The number of carbonyl (C=O) groups excluding carboxylic acids is 1. The number of fused-ring (bicyclic) bond motifs is 2. The standard InChI is InChI=1S/C33H37N3O4S/c1-23(2)34-18-16-24-12-15-32-29(20-24)30(17-19-40-32)35-33(37)22-31(26-9-4-3-5-10-26)36-41(38,39)28-14-13-25-8-6-7-11-27(25)21-28/h3-15,20-21,23,30-31,34,36H,16-19,22H2,1-2H3,(H,35,37). The molecule has 1 aliphatic rings. The van der Waals surface area contributed by atoms with E-state index in [1.54, 1.807) is 18.2 Å². The number of carbonyl (C=O) groups is 1. The maximum absolute atomic E-state index is 13.5. The Morgan fingerprint density at radius 2 is 1.68 bits per heavy atom. The largest absolute Gasteiger partial charge is 0.493 e. The quantitative estimate of drug-likeness (QED) is 0.223. The lowest BCUT2D eigenvalue weighted by molar-refractivity contribution is -0.122. The van der Waals surface area contributed by atoms with Crippen molar-refractivity contribution in [2.75, 3.05) is 13.2 Å². The first kappa shape index (κ1) is 28.8. The van der Waals surface area contributed by atoms with Crippen molar-refractivity contribution in [1.82, 2.24) is 15.4 Å². The smallest absolute Gasteiger partial charge is 0.241 e. The van der Waals surface area contributed by atoms with Crippen LogP contribution >= 0.6 is 0 Å². The number of rotatable bonds is 11. The molecule has 0 aliphatic carbocycles. The minimum Gasteiger partial charge on any atom is -0.493 e. The third kappa shape index (κ3) is 7.33. The zero-order chi connectivity index (χ0) is 28.8. The van der Waals surface area contributed by atoms with Crippen molar-refractivity contribution in [2.45, 2.75) is 56.1 Å². The van der Waals surface area contributed by atoms with Gasteiger partial charge >= 0.3 is 0 Å². The minimum atomic E-state index is -3.90. The molecule has 8 heteroatoms. The molecule has 0 spiro atoms. The summed E-state index contributed by atoms with van der Waals surface area (Å²) in [7, 11) is -3.90. The molecule has 3 N–H and O–H groups in total. The second-order valence-electron chi connectivity index (χ2n) is 10.8. The van der Waals surface area contributed by atoms with E-state index in [9.17, 15) is 13.2 Å². The molecule has 1 heterocycles. The predicted molar refractivity (Wildman–Crippen MR) is 162 cm³/mol. The van der Waals surface area contributed by atoms with E-state index in [2.05, 4.69) is 41.3 Å². The highest BCUT2D eigenvalue weighted by molar-refractivity contribution is 7.89. The molecule has 2 atom stereocenters. The van der Waals surface area contributed by atoms with Crippen molar-refractivity contribution in [3.8, 4) is 5.75 Å². The van der Waals surface area contributed by atoms with Crippen LogP contribution in [-0.4, -0.2) is 33.5 Å². The molecule has 1 aliphatic heterocycles. The van der Waals surface area contributed by atoms with Crippen LogP contribution in [0.4, 0.5) is 0 Å². The van der Waals surface area contributed by atoms with Crippen molar-refractivity contribution in [3.63, 3.8) is 0 Å². The topological polar surface area (TPSA) is 96.5 Å². The lowest BCUT2D eigenvalue weighted by Gasteiger charge is -2.28. The molecule has 0 saturated carbocycles. The zero-order valence-electron chi connectivity index (χ0n) is 23.5. The summed E-state index contributed by atoms with van der Waals surface area (Å²) in [4.78, 5) is 13.6. The molecule has 1 amide bonds. The Balaban J connectivity index is 1.33. The van der Waals surface area contributed by atoms with E-state index in [4.69, 9.17) is 4.74 Å². The fraction of sp³-hybridized carbons (Fsp3) is 0.303. The van der Waals surface area contributed by atoms with Gasteiger partial charge in [0.25, 0.3) is 0 Å². The van der Waals surface area contributed by atoms with Crippen molar-refractivity contribution in [3.05, 3.63) is 108 Å². The Hall–Kier alpha value is -3.72. The Bertz CT molecular complexity index is 1610. The SMILES string of the molecule is CC(C)NCCc1ccc2c(c1)C(NC(=O)CC(NS(=O)(=O)c1ccc3ccccc3c1)c1ccccc1)CCO2. The summed E-state index contributed by atoms with van der Waals surface area (Å²) in [5.74, 6) is 0.545. The summed E-state index contributed by atoms with van der Waals surface area (Å²) in [6.45, 7) is 5.61. The van der Waals surface area contributed by atoms with E-state index < -0.39 is 16.1 Å². The number of ether oxygens (including phenoxy) is 1. The number of hydrogen-bond acceptors (Lipinski definition) is 5. The molecule has 0 saturated heterocycles. The van der Waals surface area contributed by atoms with E-state index in [0.717, 1.165) is 40.6 Å². The number of nitrogens with one attached hydrogen (secondary N) is 3. The molecule has 0 bridgehead atoms. The number of benzene rings is 4. The molecule has 41 heavy (non-hydrogen) atoms. The fourth-order valence-electron chi connectivity index (χ4n) is 5.20. The van der Waals surface area contributed by atoms with Crippen LogP contribution in [0.2, 0.25) is 0 Å². The van der Waals surface area contributed by atoms with Crippen molar-refractivity contribution in [2.24, 2.45) is 0 Å². The molecule has 7 nitrogen and oxygen atoms in total. The van der Waals surface area contributed by atoms with Crippen molar-refractivity contribution >= 4 is 26.7 Å². The molecular weight excluding hydrogens is 534 g/mol. The average Bonchev–Trinajstić information content (AvgIpc) is 2.97. The van der Waals surface area contributed by atoms with Gasteiger partial charge in [-0.3, -0.25) is 4.79 Å². The maximum Gasteiger partial charge on any atom is 0.241 e. The van der Waals surface area contributed by atoms with Crippen LogP contribution in [0.3, 0.4) is 0 Å². The molecule has 5 rings (SSSR count). The Kier molecular flexibility index (Phi) is 9.03. The second-order valence-corrected chi connectivity index (χ2v) is 12.5. The molecule has 0 fully saturated rings. The summed E-state index contributed by atoms with van der Waals surface area (Å²) in [5, 5.41) is 8.39. The molecule has 2 unspecified atom stereocenters. The molecule has 4 aromatic carbocycles.